The van der Waals surface area contributed by atoms with Gasteiger partial charge >= 0.3 is 0 Å². The lowest BCUT2D eigenvalue weighted by molar-refractivity contribution is 0.623. The number of nitrogens with zero attached hydrogens (tertiary/aromatic N) is 1. The zero-order valence-electron chi connectivity index (χ0n) is 11.2. The molecule has 0 radical (unpaired) electrons. The Hall–Kier alpha value is -1.35. The molecule has 2 rings (SSSR count). The summed E-state index contributed by atoms with van der Waals surface area (Å²) >= 11 is 3.33. The molecule has 0 atom stereocenters. The van der Waals surface area contributed by atoms with Gasteiger partial charge in [-0.2, -0.15) is 0 Å². The third kappa shape index (κ3) is 3.80. The van der Waals surface area contributed by atoms with Crippen LogP contribution in [-0.2, 0) is 6.54 Å². The first kappa shape index (κ1) is 14.1. The monoisotopic (exact) mass is 321 g/mol. The standard InChI is InChI=1S/C16H17BrFN/c1-3-19(16-6-4-12(2)5-7-16)11-13-8-14(17)10-15(18)9-13/h4-10H,3,11H2,1-2H3. The number of hydrogen-bond acceptors (Lipinski definition) is 1. The number of benzene rings is 2. The van der Waals surface area contributed by atoms with Gasteiger partial charge in [-0.05, 0) is 49.7 Å². The van der Waals surface area contributed by atoms with Gasteiger partial charge in [-0.3, -0.25) is 0 Å². The van der Waals surface area contributed by atoms with E-state index in [1.807, 2.05) is 6.07 Å². The molecule has 3 heteroatoms. The molecular formula is C16H17BrFN. The first-order valence-electron chi connectivity index (χ1n) is 6.35. The summed E-state index contributed by atoms with van der Waals surface area (Å²) in [5, 5.41) is 0. The van der Waals surface area contributed by atoms with Crippen molar-refractivity contribution in [3.63, 3.8) is 0 Å². The molecular weight excluding hydrogens is 305 g/mol. The predicted octanol–water partition coefficient (Wildman–Crippen LogP) is 4.92. The second kappa shape index (κ2) is 6.20. The molecule has 0 aliphatic heterocycles. The number of halogens is 2. The highest BCUT2D eigenvalue weighted by Gasteiger charge is 2.07. The Morgan fingerprint density at radius 2 is 1.79 bits per heavy atom. The Labute approximate surface area is 122 Å². The van der Waals surface area contributed by atoms with Crippen LogP contribution in [0.3, 0.4) is 0 Å². The minimum absolute atomic E-state index is 0.204. The van der Waals surface area contributed by atoms with Gasteiger partial charge in [-0.15, -0.1) is 0 Å². The van der Waals surface area contributed by atoms with E-state index >= 15 is 0 Å². The number of hydrogen-bond donors (Lipinski definition) is 0. The van der Waals surface area contributed by atoms with Gasteiger partial charge in [0.25, 0.3) is 0 Å². The smallest absolute Gasteiger partial charge is 0.124 e. The molecule has 0 amide bonds. The summed E-state index contributed by atoms with van der Waals surface area (Å²) < 4.78 is 14.2. The van der Waals surface area contributed by atoms with Crippen LogP contribution >= 0.6 is 15.9 Å². The highest BCUT2D eigenvalue weighted by Crippen LogP contribution is 2.20. The second-order valence-electron chi connectivity index (χ2n) is 4.63. The van der Waals surface area contributed by atoms with Crippen molar-refractivity contribution in [3.05, 3.63) is 63.9 Å². The average molecular weight is 322 g/mol. The van der Waals surface area contributed by atoms with Gasteiger partial charge < -0.3 is 4.90 Å². The molecule has 0 unspecified atom stereocenters. The highest BCUT2D eigenvalue weighted by molar-refractivity contribution is 9.10. The minimum atomic E-state index is -0.204. The van der Waals surface area contributed by atoms with Crippen molar-refractivity contribution < 1.29 is 4.39 Å². The van der Waals surface area contributed by atoms with E-state index in [9.17, 15) is 4.39 Å². The SMILES string of the molecule is CCN(Cc1cc(F)cc(Br)c1)c1ccc(C)cc1. The molecule has 19 heavy (non-hydrogen) atoms. The predicted molar refractivity (Wildman–Crippen MR) is 82.0 cm³/mol. The Morgan fingerprint density at radius 3 is 2.37 bits per heavy atom. The molecule has 100 valence electrons. The second-order valence-corrected chi connectivity index (χ2v) is 5.54. The number of aryl methyl sites for hydroxylation is 1. The van der Waals surface area contributed by atoms with E-state index in [0.29, 0.717) is 6.54 Å². The van der Waals surface area contributed by atoms with Gasteiger partial charge in [0, 0.05) is 23.2 Å². The van der Waals surface area contributed by atoms with Gasteiger partial charge in [-0.1, -0.05) is 33.6 Å². The van der Waals surface area contributed by atoms with Crippen LogP contribution < -0.4 is 4.90 Å². The van der Waals surface area contributed by atoms with E-state index in [0.717, 1.165) is 22.3 Å². The lowest BCUT2D eigenvalue weighted by atomic mass is 10.1. The van der Waals surface area contributed by atoms with Gasteiger partial charge in [0.2, 0.25) is 0 Å². The lowest BCUT2D eigenvalue weighted by Crippen LogP contribution is -2.21. The molecule has 2 aromatic rings. The molecule has 1 nitrogen and oxygen atoms in total. The van der Waals surface area contributed by atoms with Crippen molar-refractivity contribution in [2.75, 3.05) is 11.4 Å². The first-order chi connectivity index (χ1) is 9.08. The fourth-order valence-electron chi connectivity index (χ4n) is 2.06. The van der Waals surface area contributed by atoms with Crippen LogP contribution in [0.4, 0.5) is 10.1 Å². The maximum absolute atomic E-state index is 13.4. The lowest BCUT2D eigenvalue weighted by Gasteiger charge is -2.23. The van der Waals surface area contributed by atoms with E-state index in [1.54, 1.807) is 6.07 Å². The van der Waals surface area contributed by atoms with Crippen molar-refractivity contribution in [3.8, 4) is 0 Å². The summed E-state index contributed by atoms with van der Waals surface area (Å²) in [5.74, 6) is -0.204. The van der Waals surface area contributed by atoms with Crippen molar-refractivity contribution in [1.29, 1.82) is 0 Å². The molecule has 0 aliphatic carbocycles. The Bertz CT molecular complexity index is 531. The molecule has 0 aromatic heterocycles. The fraction of sp³-hybridized carbons (Fsp3) is 0.250. The van der Waals surface area contributed by atoms with E-state index < -0.39 is 0 Å². The van der Waals surface area contributed by atoms with Crippen LogP contribution in [-0.4, -0.2) is 6.54 Å². The minimum Gasteiger partial charge on any atom is -0.367 e. The van der Waals surface area contributed by atoms with E-state index in [4.69, 9.17) is 0 Å². The maximum Gasteiger partial charge on any atom is 0.124 e. The zero-order valence-corrected chi connectivity index (χ0v) is 12.7. The summed E-state index contributed by atoms with van der Waals surface area (Å²) in [4.78, 5) is 2.22. The van der Waals surface area contributed by atoms with Crippen molar-refractivity contribution in [2.45, 2.75) is 20.4 Å². The molecule has 0 N–H and O–H groups in total. The Morgan fingerprint density at radius 1 is 1.11 bits per heavy atom. The van der Waals surface area contributed by atoms with Crippen LogP contribution in [0.25, 0.3) is 0 Å². The van der Waals surface area contributed by atoms with E-state index in [2.05, 4.69) is 58.9 Å². The Kier molecular flexibility index (Phi) is 4.59. The molecule has 0 spiro atoms. The summed E-state index contributed by atoms with van der Waals surface area (Å²) in [6.07, 6.45) is 0. The van der Waals surface area contributed by atoms with Crippen molar-refractivity contribution in [2.24, 2.45) is 0 Å². The third-order valence-electron chi connectivity index (χ3n) is 3.08. The van der Waals surface area contributed by atoms with Gasteiger partial charge in [0.1, 0.15) is 5.82 Å². The van der Waals surface area contributed by atoms with Crippen LogP contribution in [0.5, 0.6) is 0 Å². The van der Waals surface area contributed by atoms with Gasteiger partial charge in [0.15, 0.2) is 0 Å². The molecule has 0 heterocycles. The normalized spacial score (nSPS) is 10.5. The molecule has 0 fully saturated rings. The molecule has 2 aromatic carbocycles. The Balaban J connectivity index is 2.21. The summed E-state index contributed by atoms with van der Waals surface area (Å²) in [5.41, 5.74) is 3.37. The summed E-state index contributed by atoms with van der Waals surface area (Å²) in [6.45, 7) is 5.77. The summed E-state index contributed by atoms with van der Waals surface area (Å²) in [7, 11) is 0. The molecule has 0 saturated carbocycles. The maximum atomic E-state index is 13.4. The molecule has 0 saturated heterocycles. The number of rotatable bonds is 4. The van der Waals surface area contributed by atoms with Crippen LogP contribution in [0.15, 0.2) is 46.9 Å². The van der Waals surface area contributed by atoms with E-state index in [-0.39, 0.29) is 5.82 Å². The fourth-order valence-corrected chi connectivity index (χ4v) is 2.58. The highest BCUT2D eigenvalue weighted by atomic mass is 79.9. The molecule has 0 aliphatic rings. The van der Waals surface area contributed by atoms with Crippen LogP contribution in [0.2, 0.25) is 0 Å². The quantitative estimate of drug-likeness (QED) is 0.772. The average Bonchev–Trinajstić information content (AvgIpc) is 2.36. The third-order valence-corrected chi connectivity index (χ3v) is 3.53. The largest absolute Gasteiger partial charge is 0.367 e. The van der Waals surface area contributed by atoms with Crippen LogP contribution in [0, 0.1) is 12.7 Å². The molecule has 0 bridgehead atoms. The zero-order chi connectivity index (χ0) is 13.8. The van der Waals surface area contributed by atoms with E-state index in [1.165, 1.54) is 11.6 Å². The van der Waals surface area contributed by atoms with Crippen molar-refractivity contribution in [1.82, 2.24) is 0 Å². The van der Waals surface area contributed by atoms with Gasteiger partial charge in [-0.25, -0.2) is 4.39 Å². The van der Waals surface area contributed by atoms with Crippen LogP contribution in [0.1, 0.15) is 18.1 Å². The van der Waals surface area contributed by atoms with Crippen molar-refractivity contribution >= 4 is 21.6 Å². The van der Waals surface area contributed by atoms with Gasteiger partial charge in [0.05, 0.1) is 0 Å². The topological polar surface area (TPSA) is 3.24 Å². The summed E-state index contributed by atoms with van der Waals surface area (Å²) in [6, 6.07) is 13.4. The number of anilines is 1. The first-order valence-corrected chi connectivity index (χ1v) is 7.14.